The molecule has 1 atom stereocenters. The lowest BCUT2D eigenvalue weighted by atomic mass is 9.92. The third kappa shape index (κ3) is 5.70. The molecule has 2 aromatic carbocycles. The minimum absolute atomic E-state index is 0.248. The van der Waals surface area contributed by atoms with Crippen LogP contribution in [0.4, 0.5) is 0 Å². The second kappa shape index (κ2) is 10.3. The van der Waals surface area contributed by atoms with E-state index in [0.717, 1.165) is 18.6 Å². The maximum atomic E-state index is 9.52. The Morgan fingerprint density at radius 2 is 1.88 bits per heavy atom. The molecule has 0 radical (unpaired) electrons. The standard InChI is InChI=1S/C22H28O2S2/c1-17-14-19(20(10-11-23)15-22-25-12-5-13-26-22)8-9-21(17)24-16-18-6-3-2-4-7-18/h2-4,6-9,14,20,22-23H,5,10-13,15-16H2,1H3/t20-/m1/s1. The minimum Gasteiger partial charge on any atom is -0.489 e. The number of hydrogen-bond acceptors (Lipinski definition) is 4. The van der Waals surface area contributed by atoms with Crippen LogP contribution in [-0.4, -0.2) is 27.8 Å². The van der Waals surface area contributed by atoms with Gasteiger partial charge in [-0.15, -0.1) is 23.5 Å². The first-order valence-electron chi connectivity index (χ1n) is 9.37. The highest BCUT2D eigenvalue weighted by Crippen LogP contribution is 2.39. The lowest BCUT2D eigenvalue weighted by Crippen LogP contribution is -2.13. The van der Waals surface area contributed by atoms with Gasteiger partial charge in [-0.2, -0.15) is 0 Å². The Balaban J connectivity index is 1.65. The Morgan fingerprint density at radius 3 is 2.58 bits per heavy atom. The van der Waals surface area contributed by atoms with E-state index in [4.69, 9.17) is 4.74 Å². The van der Waals surface area contributed by atoms with Crippen LogP contribution in [0.3, 0.4) is 0 Å². The van der Waals surface area contributed by atoms with Crippen molar-refractivity contribution in [2.24, 2.45) is 0 Å². The molecule has 2 aromatic rings. The fourth-order valence-corrected chi connectivity index (χ4v) is 6.33. The number of rotatable bonds is 8. The molecule has 0 unspecified atom stereocenters. The van der Waals surface area contributed by atoms with Crippen molar-refractivity contribution in [3.63, 3.8) is 0 Å². The van der Waals surface area contributed by atoms with E-state index in [1.165, 1.54) is 34.6 Å². The molecule has 0 spiro atoms. The van der Waals surface area contributed by atoms with Gasteiger partial charge in [0.2, 0.25) is 0 Å². The summed E-state index contributed by atoms with van der Waals surface area (Å²) in [6, 6.07) is 16.8. The Kier molecular flexibility index (Phi) is 7.78. The Hall–Kier alpha value is -1.10. The van der Waals surface area contributed by atoms with E-state index in [0.29, 0.717) is 17.1 Å². The molecule has 0 amide bonds. The number of ether oxygens (including phenoxy) is 1. The Bertz CT molecular complexity index is 669. The first-order chi connectivity index (χ1) is 12.8. The molecule has 0 aliphatic carbocycles. The van der Waals surface area contributed by atoms with E-state index < -0.39 is 0 Å². The average molecular weight is 389 g/mol. The topological polar surface area (TPSA) is 29.5 Å². The van der Waals surface area contributed by atoms with Gasteiger partial charge in [0.15, 0.2) is 0 Å². The molecule has 2 nitrogen and oxygen atoms in total. The number of aliphatic hydroxyl groups excluding tert-OH is 1. The zero-order valence-corrected chi connectivity index (χ0v) is 17.0. The zero-order valence-electron chi connectivity index (χ0n) is 15.4. The predicted octanol–water partition coefficient (Wildman–Crippen LogP) is 5.63. The van der Waals surface area contributed by atoms with Gasteiger partial charge in [0.1, 0.15) is 12.4 Å². The maximum Gasteiger partial charge on any atom is 0.122 e. The zero-order chi connectivity index (χ0) is 18.2. The van der Waals surface area contributed by atoms with E-state index in [1.54, 1.807) is 0 Å². The van der Waals surface area contributed by atoms with Crippen LogP contribution in [-0.2, 0) is 6.61 Å². The van der Waals surface area contributed by atoms with Crippen LogP contribution in [0, 0.1) is 6.92 Å². The van der Waals surface area contributed by atoms with E-state index in [2.05, 4.69) is 60.8 Å². The van der Waals surface area contributed by atoms with Gasteiger partial charge in [-0.05, 0) is 66.4 Å². The largest absolute Gasteiger partial charge is 0.489 e. The van der Waals surface area contributed by atoms with Gasteiger partial charge in [0.25, 0.3) is 0 Å². The van der Waals surface area contributed by atoms with Crippen molar-refractivity contribution in [2.75, 3.05) is 18.1 Å². The fourth-order valence-electron chi connectivity index (χ4n) is 3.31. The second-order valence-corrected chi connectivity index (χ2v) is 9.69. The van der Waals surface area contributed by atoms with E-state index in [-0.39, 0.29) is 6.61 Å². The highest BCUT2D eigenvalue weighted by atomic mass is 32.2. The van der Waals surface area contributed by atoms with Crippen LogP contribution in [0.2, 0.25) is 0 Å². The summed E-state index contributed by atoms with van der Waals surface area (Å²) in [5.41, 5.74) is 3.68. The quantitative estimate of drug-likeness (QED) is 0.635. The van der Waals surface area contributed by atoms with Gasteiger partial charge in [0.05, 0.1) is 4.58 Å². The summed E-state index contributed by atoms with van der Waals surface area (Å²) in [7, 11) is 0. The highest BCUT2D eigenvalue weighted by molar-refractivity contribution is 8.17. The Morgan fingerprint density at radius 1 is 1.12 bits per heavy atom. The van der Waals surface area contributed by atoms with Crippen molar-refractivity contribution in [2.45, 2.75) is 43.3 Å². The van der Waals surface area contributed by atoms with Crippen LogP contribution in [0.1, 0.15) is 41.9 Å². The summed E-state index contributed by atoms with van der Waals surface area (Å²) in [5, 5.41) is 9.52. The first kappa shape index (κ1) is 19.7. The maximum absolute atomic E-state index is 9.52. The third-order valence-electron chi connectivity index (χ3n) is 4.76. The van der Waals surface area contributed by atoms with Crippen molar-refractivity contribution in [3.8, 4) is 5.75 Å². The molecule has 1 N–H and O–H groups in total. The molecule has 1 aliphatic heterocycles. The summed E-state index contributed by atoms with van der Waals surface area (Å²) in [6.07, 6.45) is 3.30. The Labute approximate surface area is 165 Å². The van der Waals surface area contributed by atoms with E-state index in [1.807, 2.05) is 18.2 Å². The molecule has 1 saturated heterocycles. The molecule has 4 heteroatoms. The summed E-state index contributed by atoms with van der Waals surface area (Å²) in [5.74, 6) is 3.91. The molecule has 1 aliphatic rings. The second-order valence-electron chi connectivity index (χ2n) is 6.77. The van der Waals surface area contributed by atoms with Crippen LogP contribution in [0.25, 0.3) is 0 Å². The number of benzene rings is 2. The molecular weight excluding hydrogens is 360 g/mol. The van der Waals surface area contributed by atoms with Gasteiger partial charge in [-0.3, -0.25) is 0 Å². The normalized spacial score (nSPS) is 16.4. The van der Waals surface area contributed by atoms with E-state index >= 15 is 0 Å². The van der Waals surface area contributed by atoms with Gasteiger partial charge in [-0.1, -0.05) is 42.5 Å². The first-order valence-corrected chi connectivity index (χ1v) is 11.5. The van der Waals surface area contributed by atoms with Crippen molar-refractivity contribution in [1.29, 1.82) is 0 Å². The van der Waals surface area contributed by atoms with Gasteiger partial charge in [0, 0.05) is 6.61 Å². The molecule has 140 valence electrons. The van der Waals surface area contributed by atoms with Gasteiger partial charge >= 0.3 is 0 Å². The predicted molar refractivity (Wildman–Crippen MR) is 114 cm³/mol. The van der Waals surface area contributed by atoms with Gasteiger partial charge in [-0.25, -0.2) is 0 Å². The smallest absolute Gasteiger partial charge is 0.122 e. The molecular formula is C22H28O2S2. The highest BCUT2D eigenvalue weighted by Gasteiger charge is 2.21. The van der Waals surface area contributed by atoms with Crippen molar-refractivity contribution >= 4 is 23.5 Å². The monoisotopic (exact) mass is 388 g/mol. The van der Waals surface area contributed by atoms with E-state index in [9.17, 15) is 5.11 Å². The number of aryl methyl sites for hydroxylation is 1. The lowest BCUT2D eigenvalue weighted by Gasteiger charge is -2.26. The molecule has 1 fully saturated rings. The summed E-state index contributed by atoms with van der Waals surface area (Å²) in [6.45, 7) is 2.96. The van der Waals surface area contributed by atoms with Crippen LogP contribution in [0.5, 0.6) is 5.75 Å². The molecule has 0 aromatic heterocycles. The minimum atomic E-state index is 0.248. The summed E-state index contributed by atoms with van der Waals surface area (Å²) in [4.78, 5) is 0. The SMILES string of the molecule is Cc1cc([C@H](CCO)CC2SCCCS2)ccc1OCc1ccccc1. The third-order valence-corrected chi connectivity index (χ3v) is 7.75. The lowest BCUT2D eigenvalue weighted by molar-refractivity contribution is 0.273. The number of hydrogen-bond donors (Lipinski definition) is 1. The summed E-state index contributed by atoms with van der Waals surface area (Å²) < 4.78 is 6.67. The van der Waals surface area contributed by atoms with Crippen molar-refractivity contribution < 1.29 is 9.84 Å². The molecule has 0 bridgehead atoms. The fraction of sp³-hybridized carbons (Fsp3) is 0.455. The number of thioether (sulfide) groups is 2. The van der Waals surface area contributed by atoms with Crippen molar-refractivity contribution in [3.05, 3.63) is 65.2 Å². The van der Waals surface area contributed by atoms with Crippen LogP contribution >= 0.6 is 23.5 Å². The van der Waals surface area contributed by atoms with Crippen LogP contribution in [0.15, 0.2) is 48.5 Å². The molecule has 3 rings (SSSR count). The average Bonchev–Trinajstić information content (AvgIpc) is 2.68. The summed E-state index contributed by atoms with van der Waals surface area (Å²) >= 11 is 4.16. The van der Waals surface area contributed by atoms with Crippen molar-refractivity contribution in [1.82, 2.24) is 0 Å². The molecule has 26 heavy (non-hydrogen) atoms. The van der Waals surface area contributed by atoms with Gasteiger partial charge < -0.3 is 9.84 Å². The molecule has 0 saturated carbocycles. The molecule has 1 heterocycles. The number of aliphatic hydroxyl groups is 1. The van der Waals surface area contributed by atoms with Crippen LogP contribution < -0.4 is 4.74 Å².